The molecule has 5 aromatic rings. The summed E-state index contributed by atoms with van der Waals surface area (Å²) in [4.78, 5) is 25.1. The summed E-state index contributed by atoms with van der Waals surface area (Å²) in [6.45, 7) is -0.00319. The zero-order chi connectivity index (χ0) is 33.1. The number of fused-ring (bicyclic) bond motifs is 3. The van der Waals surface area contributed by atoms with Crippen molar-refractivity contribution in [3.63, 3.8) is 0 Å². The third-order valence-corrected chi connectivity index (χ3v) is 8.00. The van der Waals surface area contributed by atoms with Crippen molar-refractivity contribution >= 4 is 45.0 Å². The highest BCUT2D eigenvalue weighted by Crippen LogP contribution is 2.46. The predicted octanol–water partition coefficient (Wildman–Crippen LogP) is 2.35. The minimum absolute atomic E-state index is 0.00319. The number of hydrogen-bond acceptors (Lipinski definition) is 11. The number of benzene rings is 4. The fourth-order valence-corrected chi connectivity index (χ4v) is 5.89. The van der Waals surface area contributed by atoms with Gasteiger partial charge in [-0.3, -0.25) is 14.1 Å². The van der Waals surface area contributed by atoms with E-state index in [0.29, 0.717) is 5.56 Å². The molecule has 46 heavy (non-hydrogen) atoms. The maximum Gasteiger partial charge on any atom is 0.446 e. The molecule has 0 saturated carbocycles. The zero-order valence-electron chi connectivity index (χ0n) is 23.4. The number of hydrogen-bond donors (Lipinski definition) is 7. The fraction of sp³-hybridized carbons (Fsp3) is 0.0625. The van der Waals surface area contributed by atoms with Gasteiger partial charge in [-0.15, -0.1) is 0 Å². The summed E-state index contributed by atoms with van der Waals surface area (Å²) < 4.78 is 36.9. The van der Waals surface area contributed by atoms with E-state index in [9.17, 15) is 48.6 Å². The third-order valence-electron chi connectivity index (χ3n) is 7.60. The second-order valence-corrected chi connectivity index (χ2v) is 11.5. The fourth-order valence-electron chi connectivity index (χ4n) is 5.53. The van der Waals surface area contributed by atoms with Crippen molar-refractivity contribution in [1.29, 1.82) is 0 Å². The summed E-state index contributed by atoms with van der Waals surface area (Å²) in [5, 5.41) is 64.3. The van der Waals surface area contributed by atoms with Crippen molar-refractivity contribution in [3.8, 4) is 62.6 Å². The second kappa shape index (κ2) is 10.9. The number of aromatic nitrogens is 1. The Labute approximate surface area is 259 Å². The van der Waals surface area contributed by atoms with Crippen LogP contribution in [-0.2, 0) is 33.0 Å². The van der Waals surface area contributed by atoms with E-state index >= 15 is 0 Å². The van der Waals surface area contributed by atoms with Crippen LogP contribution in [0, 0.1) is 0 Å². The summed E-state index contributed by atoms with van der Waals surface area (Å²) in [5.41, 5.74) is 1.25. The molecular weight excluding hydrogens is 622 g/mol. The lowest BCUT2D eigenvalue weighted by Gasteiger charge is -2.15. The molecule has 1 aliphatic rings. The van der Waals surface area contributed by atoms with E-state index in [1.807, 2.05) is 0 Å². The molecule has 0 spiro atoms. The summed E-state index contributed by atoms with van der Waals surface area (Å²) >= 11 is 0. The maximum atomic E-state index is 12.6. The van der Waals surface area contributed by atoms with Gasteiger partial charge in [0.1, 0.15) is 11.5 Å². The van der Waals surface area contributed by atoms with Crippen molar-refractivity contribution in [2.75, 3.05) is 0 Å². The van der Waals surface area contributed by atoms with E-state index in [4.69, 9.17) is 4.55 Å². The first-order chi connectivity index (χ1) is 21.7. The molecule has 0 unspecified atom stereocenters. The Balaban J connectivity index is 1.67. The Kier molecular flexibility index (Phi) is 7.10. The van der Waals surface area contributed by atoms with Crippen LogP contribution in [-0.4, -0.2) is 59.7 Å². The highest BCUT2D eigenvalue weighted by atomic mass is 32.3. The van der Waals surface area contributed by atoms with Crippen molar-refractivity contribution in [2.24, 2.45) is 0 Å². The van der Waals surface area contributed by atoms with E-state index in [1.54, 1.807) is 0 Å². The first-order valence-electron chi connectivity index (χ1n) is 13.5. The van der Waals surface area contributed by atoms with Crippen LogP contribution in [0.25, 0.3) is 45.3 Å². The van der Waals surface area contributed by atoms with Gasteiger partial charge < -0.3 is 39.4 Å². The molecule has 13 nitrogen and oxygen atoms in total. The summed E-state index contributed by atoms with van der Waals surface area (Å²) in [6, 6.07) is 13.2. The van der Waals surface area contributed by atoms with Crippen LogP contribution in [0.15, 0.2) is 60.7 Å². The van der Waals surface area contributed by atoms with Crippen molar-refractivity contribution < 1.29 is 57.4 Å². The normalized spacial score (nSPS) is 12.9. The van der Waals surface area contributed by atoms with Crippen molar-refractivity contribution in [2.45, 2.75) is 13.0 Å². The number of phenolic OH excluding ortho intramolecular Hbond substituents is 5. The number of ketones is 2. The lowest BCUT2D eigenvalue weighted by atomic mass is 9.92. The number of aryl methyl sites for hydroxylation is 2. The molecule has 0 amide bonds. The van der Waals surface area contributed by atoms with Gasteiger partial charge in [-0.2, -0.15) is 8.42 Å². The number of carbonyl (C=O) groups is 2. The van der Waals surface area contributed by atoms with Gasteiger partial charge in [-0.1, -0.05) is 24.3 Å². The molecule has 1 aliphatic carbocycles. The Morgan fingerprint density at radius 1 is 0.674 bits per heavy atom. The number of phenols is 5. The van der Waals surface area contributed by atoms with Crippen LogP contribution in [0.4, 0.5) is 0 Å². The SMILES string of the molecule is O=C1C=c2c(O)c(-c3ccc(O)c(O)c3)c3c(c(-c4ccc(O)c(O)c4)c(O)n3CCc3ccc(OS(=O)(=O)O)cc3)c2=CC1=O. The number of carbonyl (C=O) groups excluding carboxylic acids is 2. The van der Waals surface area contributed by atoms with Crippen LogP contribution in [0.2, 0.25) is 0 Å². The van der Waals surface area contributed by atoms with Crippen LogP contribution in [0.5, 0.6) is 40.4 Å². The monoisotopic (exact) mass is 645 g/mol. The van der Waals surface area contributed by atoms with Gasteiger partial charge in [0.15, 0.2) is 28.9 Å². The molecule has 0 atom stereocenters. The van der Waals surface area contributed by atoms with Gasteiger partial charge in [0.05, 0.1) is 11.1 Å². The second-order valence-electron chi connectivity index (χ2n) is 10.5. The zero-order valence-corrected chi connectivity index (χ0v) is 24.2. The summed E-state index contributed by atoms with van der Waals surface area (Å²) in [6.07, 6.45) is 2.17. The van der Waals surface area contributed by atoms with Gasteiger partial charge in [-0.25, -0.2) is 0 Å². The number of aromatic hydroxyl groups is 6. The van der Waals surface area contributed by atoms with Crippen LogP contribution in [0.3, 0.4) is 0 Å². The first kappa shape index (κ1) is 30.1. The molecule has 0 fully saturated rings. The van der Waals surface area contributed by atoms with E-state index in [-0.39, 0.29) is 68.2 Å². The average molecular weight is 646 g/mol. The molecule has 0 saturated heterocycles. The molecule has 7 N–H and O–H groups in total. The maximum absolute atomic E-state index is 12.6. The topological polar surface area (TPSA) is 224 Å². The van der Waals surface area contributed by atoms with E-state index in [0.717, 1.165) is 12.2 Å². The highest BCUT2D eigenvalue weighted by molar-refractivity contribution is 7.81. The van der Waals surface area contributed by atoms with Crippen LogP contribution >= 0.6 is 0 Å². The van der Waals surface area contributed by atoms with Crippen molar-refractivity contribution in [3.05, 3.63) is 76.7 Å². The number of rotatable bonds is 7. The van der Waals surface area contributed by atoms with Crippen molar-refractivity contribution in [1.82, 2.24) is 4.57 Å². The molecule has 14 heteroatoms. The Morgan fingerprint density at radius 2 is 1.22 bits per heavy atom. The summed E-state index contributed by atoms with van der Waals surface area (Å²) in [5.74, 6) is -4.71. The molecule has 234 valence electrons. The van der Waals surface area contributed by atoms with Crippen LogP contribution < -0.4 is 14.6 Å². The molecule has 0 bridgehead atoms. The molecule has 6 rings (SSSR count). The van der Waals surface area contributed by atoms with Gasteiger partial charge >= 0.3 is 10.4 Å². The molecule has 0 radical (unpaired) electrons. The lowest BCUT2D eigenvalue weighted by molar-refractivity contribution is -0.129. The standard InChI is InChI=1S/C32H23NO12S/c34-21-7-3-16(11-23(21)36)27-29-19-13-25(38)26(39)14-20(19)31(40)28(17-4-8-22(35)24(37)12-17)30(29)33(32(27)41)10-9-15-1-5-18(6-2-15)45-46(42,43)44/h1-8,11-14,34-37,40-41H,9-10H2,(H,42,43,44). The largest absolute Gasteiger partial charge is 0.507 e. The van der Waals surface area contributed by atoms with Crippen LogP contribution in [0.1, 0.15) is 5.56 Å². The molecule has 4 aromatic carbocycles. The Hall–Kier alpha value is -5.99. The Morgan fingerprint density at radius 3 is 1.76 bits per heavy atom. The molecular formula is C32H23NO12S. The lowest BCUT2D eigenvalue weighted by Crippen LogP contribution is -2.34. The number of nitrogens with zero attached hydrogens (tertiary/aromatic N) is 1. The van der Waals surface area contributed by atoms with Gasteiger partial charge in [0.25, 0.3) is 0 Å². The predicted molar refractivity (Wildman–Crippen MR) is 163 cm³/mol. The molecule has 0 aliphatic heterocycles. The molecule has 1 aromatic heterocycles. The Bertz CT molecular complexity index is 2360. The minimum atomic E-state index is -4.74. The average Bonchev–Trinajstić information content (AvgIpc) is 3.27. The van der Waals surface area contributed by atoms with Gasteiger partial charge in [0.2, 0.25) is 11.6 Å². The first-order valence-corrected chi connectivity index (χ1v) is 14.8. The summed E-state index contributed by atoms with van der Waals surface area (Å²) in [7, 11) is -4.74. The smallest absolute Gasteiger partial charge is 0.446 e. The van der Waals surface area contributed by atoms with Gasteiger partial charge in [-0.05, 0) is 70.8 Å². The highest BCUT2D eigenvalue weighted by Gasteiger charge is 2.29. The minimum Gasteiger partial charge on any atom is -0.507 e. The quantitative estimate of drug-likeness (QED) is 0.0770. The van der Waals surface area contributed by atoms with E-state index in [2.05, 4.69) is 4.18 Å². The number of Topliss-reactive ketones (excluding diaryl/α,β-unsaturated/α-hetero) is 2. The van der Waals surface area contributed by atoms with E-state index in [1.165, 1.54) is 65.2 Å². The molecule has 1 heterocycles. The third kappa shape index (κ3) is 5.21. The van der Waals surface area contributed by atoms with E-state index < -0.39 is 50.7 Å². The van der Waals surface area contributed by atoms with Gasteiger partial charge in [0, 0.05) is 28.8 Å².